The van der Waals surface area contributed by atoms with Gasteiger partial charge in [0.15, 0.2) is 0 Å². The van der Waals surface area contributed by atoms with E-state index in [0.29, 0.717) is 6.04 Å². The highest BCUT2D eigenvalue weighted by Gasteiger charge is 2.22. The number of carbonyl (C=O) groups is 1. The van der Waals surface area contributed by atoms with Crippen LogP contribution in [-0.2, 0) is 6.54 Å². The van der Waals surface area contributed by atoms with Crippen LogP contribution in [0.15, 0.2) is 30.6 Å². The molecule has 7 heteroatoms. The van der Waals surface area contributed by atoms with Gasteiger partial charge in [0.25, 0.3) is 0 Å². The van der Waals surface area contributed by atoms with Crippen LogP contribution in [0.5, 0.6) is 5.75 Å². The quantitative estimate of drug-likeness (QED) is 0.867. The van der Waals surface area contributed by atoms with Crippen LogP contribution in [0.25, 0.3) is 0 Å². The van der Waals surface area contributed by atoms with E-state index in [4.69, 9.17) is 9.84 Å². The zero-order valence-electron chi connectivity index (χ0n) is 14.6. The van der Waals surface area contributed by atoms with Gasteiger partial charge in [0, 0.05) is 19.1 Å². The van der Waals surface area contributed by atoms with Gasteiger partial charge in [-0.25, -0.2) is 14.5 Å². The summed E-state index contributed by atoms with van der Waals surface area (Å²) in [7, 11) is 0. The van der Waals surface area contributed by atoms with Crippen LogP contribution < -0.4 is 4.74 Å². The highest BCUT2D eigenvalue weighted by atomic mass is 16.5. The lowest BCUT2D eigenvalue weighted by Gasteiger charge is -2.32. The van der Waals surface area contributed by atoms with E-state index in [9.17, 15) is 4.79 Å². The van der Waals surface area contributed by atoms with E-state index in [1.54, 1.807) is 30.6 Å². The van der Waals surface area contributed by atoms with Gasteiger partial charge in [-0.05, 0) is 51.0 Å². The van der Waals surface area contributed by atoms with Gasteiger partial charge in [-0.15, -0.1) is 0 Å². The standard InChI is InChI=1S/C18H24N4O3/c1-13(2)22-17(19-12-20-22)11-21-9-7-16(8-10-21)25-15-5-3-14(4-6-15)18(23)24/h3-6,12-13,16H,7-11H2,1-2H3,(H,23,24). The van der Waals surface area contributed by atoms with E-state index in [1.807, 2.05) is 4.68 Å². The summed E-state index contributed by atoms with van der Waals surface area (Å²) in [5, 5.41) is 13.2. The molecule has 1 N–H and O–H groups in total. The molecule has 0 saturated carbocycles. The lowest BCUT2D eigenvalue weighted by Crippen LogP contribution is -2.38. The minimum absolute atomic E-state index is 0.162. The van der Waals surface area contributed by atoms with Crippen LogP contribution in [0, 0.1) is 0 Å². The van der Waals surface area contributed by atoms with Crippen molar-refractivity contribution >= 4 is 5.97 Å². The summed E-state index contributed by atoms with van der Waals surface area (Å²) >= 11 is 0. The third-order valence-corrected chi connectivity index (χ3v) is 4.44. The highest BCUT2D eigenvalue weighted by molar-refractivity contribution is 5.87. The maximum absolute atomic E-state index is 10.9. The first kappa shape index (κ1) is 17.4. The second-order valence-electron chi connectivity index (χ2n) is 6.64. The van der Waals surface area contributed by atoms with E-state index < -0.39 is 5.97 Å². The van der Waals surface area contributed by atoms with Crippen molar-refractivity contribution in [3.63, 3.8) is 0 Å². The predicted octanol–water partition coefficient (Wildman–Crippen LogP) is 2.60. The molecule has 25 heavy (non-hydrogen) atoms. The summed E-state index contributed by atoms with van der Waals surface area (Å²) < 4.78 is 7.95. The molecule has 1 aromatic heterocycles. The molecule has 1 aliphatic heterocycles. The number of aromatic nitrogens is 3. The summed E-state index contributed by atoms with van der Waals surface area (Å²) in [6, 6.07) is 6.91. The predicted molar refractivity (Wildman–Crippen MR) is 92.7 cm³/mol. The number of rotatable bonds is 6. The van der Waals surface area contributed by atoms with Gasteiger partial charge in [0.2, 0.25) is 0 Å². The Morgan fingerprint density at radius 1 is 1.28 bits per heavy atom. The third kappa shape index (κ3) is 4.36. The van der Waals surface area contributed by atoms with Gasteiger partial charge in [-0.3, -0.25) is 4.90 Å². The van der Waals surface area contributed by atoms with Crippen molar-refractivity contribution in [3.05, 3.63) is 42.0 Å². The Morgan fingerprint density at radius 3 is 2.56 bits per heavy atom. The maximum atomic E-state index is 10.9. The Morgan fingerprint density at radius 2 is 1.96 bits per heavy atom. The van der Waals surface area contributed by atoms with E-state index >= 15 is 0 Å². The molecular weight excluding hydrogens is 320 g/mol. The van der Waals surface area contributed by atoms with Gasteiger partial charge >= 0.3 is 5.97 Å². The molecule has 1 fully saturated rings. The summed E-state index contributed by atoms with van der Waals surface area (Å²) in [5.41, 5.74) is 0.274. The first-order valence-corrected chi connectivity index (χ1v) is 8.63. The molecule has 0 radical (unpaired) electrons. The minimum Gasteiger partial charge on any atom is -0.490 e. The van der Waals surface area contributed by atoms with Gasteiger partial charge in [-0.1, -0.05) is 0 Å². The van der Waals surface area contributed by atoms with E-state index in [-0.39, 0.29) is 11.7 Å². The lowest BCUT2D eigenvalue weighted by molar-refractivity contribution is 0.0696. The number of likely N-dealkylation sites (tertiary alicyclic amines) is 1. The fraction of sp³-hybridized carbons (Fsp3) is 0.500. The molecule has 0 atom stereocenters. The molecule has 2 aromatic rings. The molecule has 1 aliphatic rings. The Balaban J connectivity index is 1.50. The normalized spacial score (nSPS) is 16.3. The van der Waals surface area contributed by atoms with E-state index in [2.05, 4.69) is 28.8 Å². The SMILES string of the molecule is CC(C)n1ncnc1CN1CCC(Oc2ccc(C(=O)O)cc2)CC1. The zero-order chi connectivity index (χ0) is 17.8. The molecule has 0 bridgehead atoms. The zero-order valence-corrected chi connectivity index (χ0v) is 14.6. The first-order valence-electron chi connectivity index (χ1n) is 8.63. The molecule has 3 rings (SSSR count). The Kier molecular flexibility index (Phi) is 5.33. The molecule has 7 nitrogen and oxygen atoms in total. The Hall–Kier alpha value is -2.41. The maximum Gasteiger partial charge on any atom is 0.335 e. The number of carboxylic acids is 1. The van der Waals surface area contributed by atoms with Crippen molar-refractivity contribution < 1.29 is 14.6 Å². The van der Waals surface area contributed by atoms with Crippen LogP contribution in [0.3, 0.4) is 0 Å². The molecule has 1 saturated heterocycles. The number of ether oxygens (including phenoxy) is 1. The second-order valence-corrected chi connectivity index (χ2v) is 6.64. The summed E-state index contributed by atoms with van der Waals surface area (Å²) in [5.74, 6) is 0.802. The van der Waals surface area contributed by atoms with Crippen LogP contribution in [0.2, 0.25) is 0 Å². The van der Waals surface area contributed by atoms with Gasteiger partial charge in [0.05, 0.1) is 12.1 Å². The molecule has 0 unspecified atom stereocenters. The van der Waals surface area contributed by atoms with Crippen LogP contribution in [0.4, 0.5) is 0 Å². The summed E-state index contributed by atoms with van der Waals surface area (Å²) in [4.78, 5) is 17.6. The number of hydrogen-bond acceptors (Lipinski definition) is 5. The lowest BCUT2D eigenvalue weighted by atomic mass is 10.1. The third-order valence-electron chi connectivity index (χ3n) is 4.44. The summed E-state index contributed by atoms with van der Waals surface area (Å²) in [6.45, 7) is 6.91. The number of aromatic carboxylic acids is 1. The number of benzene rings is 1. The van der Waals surface area contributed by atoms with Crippen LogP contribution in [0.1, 0.15) is 48.9 Å². The molecule has 2 heterocycles. The van der Waals surface area contributed by atoms with Crippen molar-refractivity contribution in [2.24, 2.45) is 0 Å². The average Bonchev–Trinajstić information content (AvgIpc) is 3.05. The first-order chi connectivity index (χ1) is 12.0. The van der Waals surface area contributed by atoms with Crippen molar-refractivity contribution in [2.45, 2.75) is 45.4 Å². The Labute approximate surface area is 147 Å². The minimum atomic E-state index is -0.922. The number of carboxylic acid groups (broad SMARTS) is 1. The van der Waals surface area contributed by atoms with Crippen LogP contribution in [-0.4, -0.2) is 49.9 Å². The molecule has 1 aromatic carbocycles. The fourth-order valence-corrected chi connectivity index (χ4v) is 3.07. The molecular formula is C18H24N4O3. The molecule has 0 spiro atoms. The second kappa shape index (κ2) is 7.65. The molecule has 134 valence electrons. The largest absolute Gasteiger partial charge is 0.490 e. The van der Waals surface area contributed by atoms with Crippen LogP contribution >= 0.6 is 0 Å². The monoisotopic (exact) mass is 344 g/mol. The van der Waals surface area contributed by atoms with Crippen molar-refractivity contribution in [2.75, 3.05) is 13.1 Å². The number of piperidine rings is 1. The van der Waals surface area contributed by atoms with Gasteiger partial charge in [-0.2, -0.15) is 5.10 Å². The van der Waals surface area contributed by atoms with E-state index in [1.165, 1.54) is 0 Å². The van der Waals surface area contributed by atoms with Gasteiger partial charge < -0.3 is 9.84 Å². The van der Waals surface area contributed by atoms with Gasteiger partial charge in [0.1, 0.15) is 24.0 Å². The van der Waals surface area contributed by atoms with E-state index in [0.717, 1.165) is 44.0 Å². The summed E-state index contributed by atoms with van der Waals surface area (Å²) in [6.07, 6.45) is 3.66. The number of nitrogens with zero attached hydrogens (tertiary/aromatic N) is 4. The molecule has 0 amide bonds. The van der Waals surface area contributed by atoms with Crippen molar-refractivity contribution in [1.29, 1.82) is 0 Å². The molecule has 0 aliphatic carbocycles. The fourth-order valence-electron chi connectivity index (χ4n) is 3.07. The van der Waals surface area contributed by atoms with Crippen molar-refractivity contribution in [3.8, 4) is 5.75 Å². The van der Waals surface area contributed by atoms with Crippen molar-refractivity contribution in [1.82, 2.24) is 19.7 Å². The highest BCUT2D eigenvalue weighted by Crippen LogP contribution is 2.21. The topological polar surface area (TPSA) is 80.5 Å². The smallest absolute Gasteiger partial charge is 0.335 e. The average molecular weight is 344 g/mol. The Bertz CT molecular complexity index is 703. The number of hydrogen-bond donors (Lipinski definition) is 1.